The van der Waals surface area contributed by atoms with Gasteiger partial charge < -0.3 is 172 Å². The summed E-state index contributed by atoms with van der Waals surface area (Å²) in [7, 11) is 0. The molecule has 0 spiro atoms. The third kappa shape index (κ3) is 46.8. The van der Waals surface area contributed by atoms with Crippen molar-refractivity contribution in [1.29, 1.82) is 27.0 Å². The summed E-state index contributed by atoms with van der Waals surface area (Å²) in [5.74, 6) is -18.5. The number of carbonyl (C=O) groups excluding carboxylic acids is 16. The smallest absolute Gasteiger partial charge is 0.328 e. The molecule has 700 valence electrons. The van der Waals surface area contributed by atoms with Gasteiger partial charge in [0, 0.05) is 39.3 Å². The molecule has 0 saturated carbocycles. The van der Waals surface area contributed by atoms with Crippen LogP contribution in [0.2, 0.25) is 0 Å². The van der Waals surface area contributed by atoms with Crippen molar-refractivity contribution in [2.45, 2.75) is 215 Å². The van der Waals surface area contributed by atoms with Crippen LogP contribution in [-0.2, 0) is 81.5 Å². The highest BCUT2D eigenvalue weighted by Gasteiger charge is 2.42. The summed E-state index contributed by atoms with van der Waals surface area (Å²) in [6, 6.07) is -17.1. The summed E-state index contributed by atoms with van der Waals surface area (Å²) in [4.78, 5) is 230. The Kier molecular flexibility index (Phi) is 53.3. The predicted octanol–water partition coefficient (Wildman–Crippen LogP) is -15.2. The number of nitrogens with two attached hydrogens (primary N) is 8. The van der Waals surface area contributed by atoms with Crippen LogP contribution in [0, 0.1) is 27.0 Å². The topological polar surface area (TPSA) is 922 Å². The SMILES string of the molecule is C[C@H](NC(=O)[C@H](CCCNC(=N)N)NC(=O)[C@@H]1CCCN1C(=O)[C@@H](NC(=O)CNC(=O)CNC(=O)CNC(=O)CNC(=O)CNC(=O)CN)[C@@H](C)O)C(=O)N[C@@H](CCCNC(=N)N)C(=O)N[C@@H](CCCNC(=N)N)C(=O)N[C@@H](CCCNC(=N)N)C(=O)N[C@@H](CCCCN)C(=O)N[C@@H](CCCCN)C(=O)N[C@@H](CCCNC(=N)N)C(=O)N[C@H](C(=O)O)[C@@H](C)O. The fourth-order valence-corrected chi connectivity index (χ4v) is 11.8. The number of nitrogens with one attached hydrogen (secondary N) is 25. The summed E-state index contributed by atoms with van der Waals surface area (Å²) in [5.41, 5.74) is 44.3. The van der Waals surface area contributed by atoms with Gasteiger partial charge in [-0.2, -0.15) is 0 Å². The van der Waals surface area contributed by atoms with Crippen LogP contribution in [0.5, 0.6) is 0 Å². The number of hydrogen-bond donors (Lipinski definition) is 36. The first-order chi connectivity index (χ1) is 58.5. The van der Waals surface area contributed by atoms with Gasteiger partial charge in [0.2, 0.25) is 94.5 Å². The molecule has 1 heterocycles. The van der Waals surface area contributed by atoms with Crippen LogP contribution in [0.25, 0.3) is 0 Å². The van der Waals surface area contributed by atoms with Crippen LogP contribution in [0.1, 0.15) is 136 Å². The van der Waals surface area contributed by atoms with Gasteiger partial charge in [0.15, 0.2) is 35.8 Å². The van der Waals surface area contributed by atoms with Crippen molar-refractivity contribution in [1.82, 2.24) is 111 Å². The number of amides is 16. The van der Waals surface area contributed by atoms with Gasteiger partial charge in [-0.1, -0.05) is 0 Å². The highest BCUT2D eigenvalue weighted by molar-refractivity contribution is 6.00. The van der Waals surface area contributed by atoms with E-state index in [1.54, 1.807) is 0 Å². The van der Waals surface area contributed by atoms with Crippen LogP contribution in [0.3, 0.4) is 0 Å². The maximum absolute atomic E-state index is 14.8. The van der Waals surface area contributed by atoms with Gasteiger partial charge in [0.05, 0.1) is 51.5 Å². The number of rotatable bonds is 62. The largest absolute Gasteiger partial charge is 0.480 e. The second kappa shape index (κ2) is 60.6. The normalized spacial score (nSPS) is 14.9. The van der Waals surface area contributed by atoms with Crippen molar-refractivity contribution < 1.29 is 96.8 Å². The number of hydrogen-bond acceptors (Lipinski definition) is 27. The van der Waals surface area contributed by atoms with Crippen LogP contribution in [0.4, 0.5) is 0 Å². The Morgan fingerprint density at radius 2 is 0.613 bits per heavy atom. The molecule has 0 unspecified atom stereocenters. The molecular weight excluding hydrogens is 1640 g/mol. The first kappa shape index (κ1) is 109. The summed E-state index contributed by atoms with van der Waals surface area (Å²) in [6.07, 6.45) is -3.08. The Morgan fingerprint density at radius 1 is 0.339 bits per heavy atom. The molecular formula is C70H130N34O20. The van der Waals surface area contributed by atoms with Gasteiger partial charge in [-0.25, -0.2) is 4.79 Å². The molecule has 16 amide bonds. The molecule has 1 aliphatic rings. The molecule has 1 fully saturated rings. The molecule has 1 rings (SSSR count). The molecule has 0 radical (unpaired) electrons. The number of carbonyl (C=O) groups is 17. The van der Waals surface area contributed by atoms with Gasteiger partial charge in [-0.05, 0) is 149 Å². The minimum atomic E-state index is -1.81. The van der Waals surface area contributed by atoms with Gasteiger partial charge in [-0.3, -0.25) is 104 Å². The Labute approximate surface area is 715 Å². The van der Waals surface area contributed by atoms with Crippen molar-refractivity contribution in [3.05, 3.63) is 0 Å². The van der Waals surface area contributed by atoms with E-state index in [-0.39, 0.29) is 162 Å². The number of guanidine groups is 5. The Balaban J connectivity index is 3.66. The summed E-state index contributed by atoms with van der Waals surface area (Å²) in [5, 5.41) is 118. The van der Waals surface area contributed by atoms with E-state index in [1.807, 2.05) is 0 Å². The second-order valence-electron chi connectivity index (χ2n) is 28.8. The molecule has 13 atom stereocenters. The molecule has 1 aliphatic heterocycles. The maximum Gasteiger partial charge on any atom is 0.328 e. The van der Waals surface area contributed by atoms with Crippen molar-refractivity contribution in [2.24, 2.45) is 45.9 Å². The average molecular weight is 1770 g/mol. The third-order valence-corrected chi connectivity index (χ3v) is 18.4. The lowest BCUT2D eigenvalue weighted by atomic mass is 10.0. The number of aliphatic hydroxyl groups excluding tert-OH is 2. The van der Waals surface area contributed by atoms with Crippen LogP contribution >= 0.6 is 0 Å². The minimum Gasteiger partial charge on any atom is -0.480 e. The molecule has 54 nitrogen and oxygen atoms in total. The van der Waals surface area contributed by atoms with E-state index in [2.05, 4.69) is 106 Å². The first-order valence-electron chi connectivity index (χ1n) is 40.3. The van der Waals surface area contributed by atoms with Gasteiger partial charge in [-0.15, -0.1) is 0 Å². The van der Waals surface area contributed by atoms with E-state index in [0.29, 0.717) is 12.8 Å². The van der Waals surface area contributed by atoms with E-state index in [1.165, 1.54) is 6.92 Å². The molecule has 124 heavy (non-hydrogen) atoms. The van der Waals surface area contributed by atoms with Gasteiger partial charge in [0.25, 0.3) is 0 Å². The van der Waals surface area contributed by atoms with Gasteiger partial charge >= 0.3 is 5.97 Å². The number of aliphatic carboxylic acids is 1. The lowest BCUT2D eigenvalue weighted by Gasteiger charge is -2.31. The lowest BCUT2D eigenvalue weighted by molar-refractivity contribution is -0.145. The summed E-state index contributed by atoms with van der Waals surface area (Å²) >= 11 is 0. The van der Waals surface area contributed by atoms with Crippen molar-refractivity contribution in [3.8, 4) is 0 Å². The molecule has 0 bridgehead atoms. The van der Waals surface area contributed by atoms with Crippen LogP contribution < -0.4 is 152 Å². The number of likely N-dealkylation sites (tertiary alicyclic amines) is 1. The molecule has 0 aromatic heterocycles. The summed E-state index contributed by atoms with van der Waals surface area (Å²) < 4.78 is 0. The fourth-order valence-electron chi connectivity index (χ4n) is 11.8. The standard InChI is InChI=1S/C70H130N34O20/c1-36(94-56(114)41(16-8-24-84-66(74)75)101-63(121)46-21-13-29-104(46)64(122)53(37(2)105)102-52(112)35-93-51(111)34-92-50(110)33-91-49(109)32-90-48(108)31-89-47(107)30-73)55(113)95-42(17-9-25-85-67(76)77)59(117)98-44(19-11-27-87-69(80)81)61(119)99-43(18-10-26-86-68(78)79)60(118)97-39(14-4-6-22-71)57(115)96-40(15-5-7-23-72)58(116)100-45(20-12-28-88-70(82)83)62(120)103-54(38(3)106)65(123)124/h36-46,53-54,105-106H,4-35,71-73H2,1-3H3,(H,89,107)(H,90,108)(H,91,109)(H,92,110)(H,93,111)(H,94,114)(H,95,113)(H,96,115)(H,97,118)(H,98,117)(H,99,119)(H,100,116)(H,101,121)(H,102,112)(H,103,120)(H,123,124)(H4,74,75,84)(H4,76,77,85)(H4,78,79,86)(H4,80,81,87)(H4,82,83,88)/t36-,37+,38+,39-,40-,41-,42-,43-,44-,45-,46-,53-,54-/m0/s1. The monoisotopic (exact) mass is 1770 g/mol. The fraction of sp³-hybridized carbons (Fsp3) is 0.686. The van der Waals surface area contributed by atoms with Gasteiger partial charge in [0.1, 0.15) is 60.4 Å². The van der Waals surface area contributed by atoms with Crippen LogP contribution in [0.15, 0.2) is 0 Å². The molecule has 44 N–H and O–H groups in total. The first-order valence-corrected chi connectivity index (χ1v) is 40.3. The molecule has 0 aromatic carbocycles. The number of carboxylic acids is 1. The van der Waals surface area contributed by atoms with Crippen LogP contribution in [-0.4, -0.2) is 321 Å². The van der Waals surface area contributed by atoms with Crippen molar-refractivity contribution in [3.63, 3.8) is 0 Å². The van der Waals surface area contributed by atoms with E-state index < -0.39 is 242 Å². The zero-order valence-corrected chi connectivity index (χ0v) is 70.0. The summed E-state index contributed by atoms with van der Waals surface area (Å²) in [6.45, 7) is 0.0967. The maximum atomic E-state index is 14.8. The van der Waals surface area contributed by atoms with Crippen molar-refractivity contribution in [2.75, 3.05) is 91.6 Å². The van der Waals surface area contributed by atoms with E-state index in [4.69, 9.17) is 72.9 Å². The Bertz CT molecular complexity index is 3620. The van der Waals surface area contributed by atoms with Crippen molar-refractivity contribution >= 4 is 130 Å². The molecule has 1 saturated heterocycles. The second-order valence-corrected chi connectivity index (χ2v) is 28.8. The zero-order valence-electron chi connectivity index (χ0n) is 70.0. The number of nitrogens with zero attached hydrogens (tertiary/aromatic N) is 1. The van der Waals surface area contributed by atoms with E-state index in [0.717, 1.165) is 18.7 Å². The van der Waals surface area contributed by atoms with E-state index in [9.17, 15) is 96.8 Å². The molecule has 0 aromatic rings. The number of unbranched alkanes of at least 4 members (excludes halogenated alkanes) is 2. The number of carboxylic acid groups (broad SMARTS) is 1. The average Bonchev–Trinajstić information content (AvgIpc) is 1.63. The van der Waals surface area contributed by atoms with E-state index >= 15 is 0 Å². The minimum absolute atomic E-state index is 0.00234. The zero-order chi connectivity index (χ0) is 93.6. The lowest BCUT2D eigenvalue weighted by Crippen LogP contribution is -2.61. The third-order valence-electron chi connectivity index (χ3n) is 18.4. The molecule has 0 aliphatic carbocycles. The predicted molar refractivity (Wildman–Crippen MR) is 446 cm³/mol. The Hall–Kier alpha value is -12.9. The number of aliphatic hydroxyl groups is 2. The highest BCUT2D eigenvalue weighted by Crippen LogP contribution is 2.21. The quantitative estimate of drug-likeness (QED) is 0.0153. The highest BCUT2D eigenvalue weighted by atomic mass is 16.4. The molecule has 54 heteroatoms. The Morgan fingerprint density at radius 3 is 0.903 bits per heavy atom.